The van der Waals surface area contributed by atoms with E-state index in [2.05, 4.69) is 10.6 Å². The maximum Gasteiger partial charge on any atom is 0.246 e. The van der Waals surface area contributed by atoms with Gasteiger partial charge < -0.3 is 37.8 Å². The molecule has 0 bridgehead atoms. The highest BCUT2D eigenvalue weighted by Gasteiger charge is 2.39. The fourth-order valence-corrected chi connectivity index (χ4v) is 4.14. The highest BCUT2D eigenvalue weighted by Crippen LogP contribution is 2.21. The van der Waals surface area contributed by atoms with E-state index in [9.17, 15) is 29.1 Å². The van der Waals surface area contributed by atoms with Gasteiger partial charge in [0.2, 0.25) is 29.5 Å². The quantitative estimate of drug-likeness (QED) is 0.201. The van der Waals surface area contributed by atoms with E-state index in [0.29, 0.717) is 24.8 Å². The van der Waals surface area contributed by atoms with Crippen LogP contribution < -0.4 is 27.8 Å². The summed E-state index contributed by atoms with van der Waals surface area (Å²) in [5, 5.41) is 14.8. The predicted molar refractivity (Wildman–Crippen MR) is 131 cm³/mol. The number of aromatic hydroxyl groups is 1. The smallest absolute Gasteiger partial charge is 0.246 e. The van der Waals surface area contributed by atoms with Crippen LogP contribution in [0.15, 0.2) is 24.3 Å². The Morgan fingerprint density at radius 1 is 1.11 bits per heavy atom. The number of likely N-dealkylation sites (tertiary alicyclic amines) is 1. The molecule has 5 amide bonds. The van der Waals surface area contributed by atoms with Gasteiger partial charge in [-0.05, 0) is 36.5 Å². The topological polar surface area (TPSA) is 211 Å². The monoisotopic (exact) mass is 504 g/mol. The van der Waals surface area contributed by atoms with Crippen LogP contribution in [0.5, 0.6) is 5.75 Å². The summed E-state index contributed by atoms with van der Waals surface area (Å²) in [4.78, 5) is 63.7. The number of primary amides is 2. The first kappa shape index (κ1) is 28.6. The van der Waals surface area contributed by atoms with Gasteiger partial charge in [0.1, 0.15) is 23.9 Å². The Hall–Kier alpha value is -3.67. The molecule has 9 N–H and O–H groups in total. The number of phenolic OH excluding ortho intramolecular Hbond substituents is 1. The summed E-state index contributed by atoms with van der Waals surface area (Å²) < 4.78 is 0. The van der Waals surface area contributed by atoms with Gasteiger partial charge >= 0.3 is 0 Å². The second kappa shape index (κ2) is 12.9. The molecule has 5 atom stereocenters. The van der Waals surface area contributed by atoms with Gasteiger partial charge in [0.25, 0.3) is 0 Å². The summed E-state index contributed by atoms with van der Waals surface area (Å²) in [6.45, 7) is 3.94. The highest BCUT2D eigenvalue weighted by atomic mass is 16.3. The van der Waals surface area contributed by atoms with E-state index in [1.54, 1.807) is 19.1 Å². The van der Waals surface area contributed by atoms with Crippen LogP contribution in [0.3, 0.4) is 0 Å². The molecule has 36 heavy (non-hydrogen) atoms. The van der Waals surface area contributed by atoms with Crippen LogP contribution in [0.4, 0.5) is 0 Å². The molecule has 4 unspecified atom stereocenters. The van der Waals surface area contributed by atoms with Crippen LogP contribution in [0.25, 0.3) is 0 Å². The number of benzene rings is 1. The van der Waals surface area contributed by atoms with Gasteiger partial charge in [-0.15, -0.1) is 0 Å². The minimum absolute atomic E-state index is 0.0377. The molecule has 0 spiro atoms. The minimum atomic E-state index is -1.25. The van der Waals surface area contributed by atoms with Crippen LogP contribution >= 0.6 is 0 Å². The molecular formula is C24H36N6O6. The third kappa shape index (κ3) is 7.67. The van der Waals surface area contributed by atoms with Crippen molar-refractivity contribution in [3.05, 3.63) is 29.8 Å². The molecule has 1 aliphatic heterocycles. The van der Waals surface area contributed by atoms with Crippen molar-refractivity contribution in [1.82, 2.24) is 15.5 Å². The zero-order valence-corrected chi connectivity index (χ0v) is 20.6. The normalized spacial score (nSPS) is 18.5. The Kier molecular flexibility index (Phi) is 10.2. The molecule has 2 rings (SSSR count). The second-order valence-corrected chi connectivity index (χ2v) is 9.17. The molecule has 12 nitrogen and oxygen atoms in total. The molecule has 198 valence electrons. The first-order valence-electron chi connectivity index (χ1n) is 12.0. The fourth-order valence-electron chi connectivity index (χ4n) is 4.14. The molecule has 0 saturated carbocycles. The summed E-state index contributed by atoms with van der Waals surface area (Å²) in [5.74, 6) is -3.32. The summed E-state index contributed by atoms with van der Waals surface area (Å²) in [5.41, 5.74) is 17.0. The van der Waals surface area contributed by atoms with Gasteiger partial charge in [0.05, 0.1) is 12.5 Å². The van der Waals surface area contributed by atoms with Gasteiger partial charge in [0.15, 0.2) is 0 Å². The molecule has 1 aromatic carbocycles. The number of hydrogen-bond acceptors (Lipinski definition) is 7. The van der Waals surface area contributed by atoms with Crippen LogP contribution in [0.1, 0.15) is 45.1 Å². The van der Waals surface area contributed by atoms with E-state index in [4.69, 9.17) is 17.2 Å². The molecule has 1 aromatic rings. The van der Waals surface area contributed by atoms with Crippen molar-refractivity contribution in [2.24, 2.45) is 23.1 Å². The lowest BCUT2D eigenvalue weighted by Gasteiger charge is -2.31. The van der Waals surface area contributed by atoms with Gasteiger partial charge in [0, 0.05) is 13.0 Å². The number of nitrogens with zero attached hydrogens (tertiary/aromatic N) is 1. The maximum atomic E-state index is 13.6. The summed E-state index contributed by atoms with van der Waals surface area (Å²) in [7, 11) is 0. The lowest BCUT2D eigenvalue weighted by atomic mass is 9.98. The number of nitrogens with one attached hydrogen (secondary N) is 2. The SMILES string of the molecule is CCC(C)C(NC(=O)[C@H]1CCCN1C(=O)C(Cc1ccc(O)cc1)NC(=O)C(N)CC(N)=O)C(N)=O. The molecule has 0 aromatic heterocycles. The number of amides is 5. The van der Waals surface area contributed by atoms with Crippen molar-refractivity contribution in [2.45, 2.75) is 70.1 Å². The summed E-state index contributed by atoms with van der Waals surface area (Å²) in [6.07, 6.45) is 1.20. The van der Waals surface area contributed by atoms with Gasteiger partial charge in [-0.1, -0.05) is 32.4 Å². The Morgan fingerprint density at radius 2 is 1.75 bits per heavy atom. The number of phenols is 1. The molecule has 1 saturated heterocycles. The zero-order valence-electron chi connectivity index (χ0n) is 20.6. The van der Waals surface area contributed by atoms with E-state index in [1.165, 1.54) is 17.0 Å². The Morgan fingerprint density at radius 3 is 2.31 bits per heavy atom. The number of rotatable bonds is 12. The Bertz CT molecular complexity index is 968. The van der Waals surface area contributed by atoms with Crippen molar-refractivity contribution in [1.29, 1.82) is 0 Å². The average Bonchev–Trinajstić information content (AvgIpc) is 3.31. The van der Waals surface area contributed by atoms with E-state index in [1.807, 2.05) is 6.92 Å². The number of carbonyl (C=O) groups excluding carboxylic acids is 5. The van der Waals surface area contributed by atoms with E-state index >= 15 is 0 Å². The van der Waals surface area contributed by atoms with Crippen molar-refractivity contribution in [2.75, 3.05) is 6.54 Å². The average molecular weight is 505 g/mol. The van der Waals surface area contributed by atoms with Crippen molar-refractivity contribution < 1.29 is 29.1 Å². The molecule has 1 aliphatic rings. The Labute approximate surface area is 209 Å². The van der Waals surface area contributed by atoms with E-state index < -0.39 is 60.1 Å². The van der Waals surface area contributed by atoms with E-state index in [0.717, 1.165) is 0 Å². The fraction of sp³-hybridized carbons (Fsp3) is 0.542. The van der Waals surface area contributed by atoms with Crippen LogP contribution in [0.2, 0.25) is 0 Å². The van der Waals surface area contributed by atoms with Crippen LogP contribution in [-0.4, -0.2) is 70.3 Å². The molecule has 0 radical (unpaired) electrons. The number of carbonyl (C=O) groups is 5. The van der Waals surface area contributed by atoms with E-state index in [-0.39, 0.29) is 24.6 Å². The lowest BCUT2D eigenvalue weighted by molar-refractivity contribution is -0.142. The van der Waals surface area contributed by atoms with Gasteiger partial charge in [-0.25, -0.2) is 0 Å². The summed E-state index contributed by atoms with van der Waals surface area (Å²) in [6, 6.07) is 2.02. The number of hydrogen-bond donors (Lipinski definition) is 6. The Balaban J connectivity index is 2.25. The third-order valence-electron chi connectivity index (χ3n) is 6.40. The molecule has 1 fully saturated rings. The number of nitrogens with two attached hydrogens (primary N) is 3. The largest absolute Gasteiger partial charge is 0.508 e. The second-order valence-electron chi connectivity index (χ2n) is 9.17. The van der Waals surface area contributed by atoms with Crippen molar-refractivity contribution in [3.63, 3.8) is 0 Å². The van der Waals surface area contributed by atoms with Crippen LogP contribution in [-0.2, 0) is 30.4 Å². The predicted octanol–water partition coefficient (Wildman–Crippen LogP) is -1.37. The highest BCUT2D eigenvalue weighted by molar-refractivity contribution is 5.95. The summed E-state index contributed by atoms with van der Waals surface area (Å²) >= 11 is 0. The maximum absolute atomic E-state index is 13.6. The van der Waals surface area contributed by atoms with Crippen molar-refractivity contribution >= 4 is 29.5 Å². The zero-order chi connectivity index (χ0) is 27.0. The molecule has 12 heteroatoms. The molecular weight excluding hydrogens is 468 g/mol. The van der Waals surface area contributed by atoms with Crippen LogP contribution in [0, 0.1) is 5.92 Å². The standard InChI is InChI=1S/C24H36N6O6/c1-3-13(2)20(21(27)33)29-23(35)18-5-4-10-30(18)24(36)17(11-14-6-8-15(31)9-7-14)28-22(34)16(25)12-19(26)32/h6-9,13,16-18,20,31H,3-5,10-12,25H2,1-2H3,(H2,26,32)(H2,27,33)(H,28,34)(H,29,35)/t13?,16?,17?,18-,20?/m1/s1. The first-order chi connectivity index (χ1) is 16.9. The molecule has 0 aliphatic carbocycles. The van der Waals surface area contributed by atoms with Gasteiger partial charge in [-0.2, -0.15) is 0 Å². The minimum Gasteiger partial charge on any atom is -0.508 e. The first-order valence-corrected chi connectivity index (χ1v) is 12.0. The lowest BCUT2D eigenvalue weighted by Crippen LogP contribution is -2.58. The molecule has 1 heterocycles. The van der Waals surface area contributed by atoms with Gasteiger partial charge in [-0.3, -0.25) is 24.0 Å². The van der Waals surface area contributed by atoms with Crippen molar-refractivity contribution in [3.8, 4) is 5.75 Å². The third-order valence-corrected chi connectivity index (χ3v) is 6.40.